The molecule has 2 aromatic rings. The van der Waals surface area contributed by atoms with E-state index in [-0.39, 0.29) is 5.54 Å². The molecule has 20 heavy (non-hydrogen) atoms. The van der Waals surface area contributed by atoms with Crippen molar-refractivity contribution in [3.63, 3.8) is 0 Å². The summed E-state index contributed by atoms with van der Waals surface area (Å²) in [7, 11) is 0. The third-order valence-electron chi connectivity index (χ3n) is 3.75. The predicted octanol–water partition coefficient (Wildman–Crippen LogP) is 2.93. The van der Waals surface area contributed by atoms with Crippen LogP contribution in [0.15, 0.2) is 34.1 Å². The van der Waals surface area contributed by atoms with Gasteiger partial charge in [-0.2, -0.15) is 0 Å². The van der Waals surface area contributed by atoms with Gasteiger partial charge in [-0.3, -0.25) is 0 Å². The number of aliphatic imine (C=N–C) groups is 1. The molecular formula is C15H14N2O2S. The molecule has 5 heteroatoms. The highest BCUT2D eigenvalue weighted by atomic mass is 32.1. The molecular weight excluding hydrogens is 272 g/mol. The molecule has 4 rings (SSSR count). The Hall–Kier alpha value is -1.88. The number of ether oxygens (including phenoxy) is 2. The highest BCUT2D eigenvalue weighted by Gasteiger charge is 2.41. The highest BCUT2D eigenvalue weighted by Crippen LogP contribution is 2.40. The van der Waals surface area contributed by atoms with Crippen LogP contribution >= 0.6 is 11.3 Å². The first-order chi connectivity index (χ1) is 9.76. The van der Waals surface area contributed by atoms with Gasteiger partial charge in [0.25, 0.3) is 0 Å². The molecule has 3 heterocycles. The highest BCUT2D eigenvalue weighted by molar-refractivity contribution is 7.07. The van der Waals surface area contributed by atoms with Crippen molar-refractivity contribution in [2.45, 2.75) is 18.9 Å². The lowest BCUT2D eigenvalue weighted by Gasteiger charge is -2.31. The number of aromatic nitrogens is 1. The summed E-state index contributed by atoms with van der Waals surface area (Å²) in [5, 5.41) is 2.05. The monoisotopic (exact) mass is 286 g/mol. The van der Waals surface area contributed by atoms with E-state index >= 15 is 0 Å². The Morgan fingerprint density at radius 3 is 2.90 bits per heavy atom. The van der Waals surface area contributed by atoms with Crippen LogP contribution in [0.1, 0.15) is 12.5 Å². The van der Waals surface area contributed by atoms with Gasteiger partial charge in [0.15, 0.2) is 5.90 Å². The lowest BCUT2D eigenvalue weighted by molar-refractivity contribution is 0.153. The fourth-order valence-corrected chi connectivity index (χ4v) is 3.41. The van der Waals surface area contributed by atoms with Crippen LogP contribution in [0.4, 0.5) is 0 Å². The van der Waals surface area contributed by atoms with Gasteiger partial charge in [-0.25, -0.2) is 9.98 Å². The van der Waals surface area contributed by atoms with Crippen LogP contribution in [0.3, 0.4) is 0 Å². The Balaban J connectivity index is 1.76. The lowest BCUT2D eigenvalue weighted by atomic mass is 9.89. The number of para-hydroxylation sites is 1. The fourth-order valence-electron chi connectivity index (χ4n) is 2.86. The summed E-state index contributed by atoms with van der Waals surface area (Å²) < 4.78 is 11.6. The van der Waals surface area contributed by atoms with Crippen molar-refractivity contribution in [1.29, 1.82) is 0 Å². The average molecular weight is 286 g/mol. The van der Waals surface area contributed by atoms with Crippen LogP contribution in [0.2, 0.25) is 0 Å². The molecule has 0 N–H and O–H groups in total. The predicted molar refractivity (Wildman–Crippen MR) is 78.5 cm³/mol. The van der Waals surface area contributed by atoms with Crippen LogP contribution in [-0.2, 0) is 11.2 Å². The second kappa shape index (κ2) is 4.31. The molecule has 1 aromatic carbocycles. The summed E-state index contributed by atoms with van der Waals surface area (Å²) in [4.78, 5) is 9.01. The van der Waals surface area contributed by atoms with Crippen molar-refractivity contribution in [3.05, 3.63) is 34.7 Å². The largest absolute Gasteiger partial charge is 0.490 e. The van der Waals surface area contributed by atoms with E-state index in [0.717, 1.165) is 29.3 Å². The zero-order chi connectivity index (χ0) is 13.6. The Labute approximate surface area is 121 Å². The molecule has 1 atom stereocenters. The minimum Gasteiger partial charge on any atom is -0.490 e. The fraction of sp³-hybridized carbons (Fsp3) is 0.333. The Kier molecular flexibility index (Phi) is 2.57. The van der Waals surface area contributed by atoms with Crippen LogP contribution in [0.5, 0.6) is 5.75 Å². The molecule has 0 aliphatic carbocycles. The normalized spacial score (nSPS) is 23.9. The second-order valence-electron chi connectivity index (χ2n) is 5.28. The summed E-state index contributed by atoms with van der Waals surface area (Å²) in [6, 6.07) is 6.23. The number of fused-ring (bicyclic) bond motifs is 1. The Bertz CT molecular complexity index is 681. The number of nitrogens with zero attached hydrogens (tertiary/aromatic N) is 2. The van der Waals surface area contributed by atoms with Gasteiger partial charge in [-0.15, -0.1) is 11.3 Å². The van der Waals surface area contributed by atoms with Gasteiger partial charge in [0.1, 0.15) is 24.5 Å². The van der Waals surface area contributed by atoms with E-state index in [1.54, 1.807) is 11.3 Å². The average Bonchev–Trinajstić information content (AvgIpc) is 3.09. The molecule has 0 saturated carbocycles. The third-order valence-corrected chi connectivity index (χ3v) is 4.34. The van der Waals surface area contributed by atoms with Gasteiger partial charge in [-0.05, 0) is 11.6 Å². The molecule has 0 saturated heterocycles. The van der Waals surface area contributed by atoms with E-state index < -0.39 is 0 Å². The number of rotatable bonds is 1. The summed E-state index contributed by atoms with van der Waals surface area (Å²) in [5.74, 6) is 1.71. The van der Waals surface area contributed by atoms with Gasteiger partial charge in [-0.1, -0.05) is 12.1 Å². The first-order valence-electron chi connectivity index (χ1n) is 6.58. The van der Waals surface area contributed by atoms with Crippen molar-refractivity contribution in [2.75, 3.05) is 13.2 Å². The number of hydrogen-bond donors (Lipinski definition) is 0. The minimum atomic E-state index is -0.238. The quantitative estimate of drug-likeness (QED) is 0.809. The standard InChI is InChI=1S/C15H14N2O2S/c1-10-17-15(7-18-10)5-11-3-2-4-12(14(11)19-8-15)13-6-20-9-16-13/h2-4,6,9H,5,7-8H2,1H3. The molecule has 0 bridgehead atoms. The third kappa shape index (κ3) is 1.81. The molecule has 0 amide bonds. The maximum Gasteiger partial charge on any atom is 0.180 e. The van der Waals surface area contributed by atoms with Crippen LogP contribution in [0.25, 0.3) is 11.3 Å². The second-order valence-corrected chi connectivity index (χ2v) is 6.00. The van der Waals surface area contributed by atoms with Gasteiger partial charge in [0.2, 0.25) is 0 Å². The molecule has 1 aromatic heterocycles. The number of hydrogen-bond acceptors (Lipinski definition) is 5. The van der Waals surface area contributed by atoms with Gasteiger partial charge in [0.05, 0.1) is 11.2 Å². The van der Waals surface area contributed by atoms with Crippen LogP contribution in [-0.4, -0.2) is 29.6 Å². The molecule has 2 aliphatic rings. The Morgan fingerprint density at radius 1 is 1.25 bits per heavy atom. The SMILES string of the molecule is CC1=NC2(CO1)COc1c(cccc1-c1cscn1)C2. The van der Waals surface area contributed by atoms with Crippen molar-refractivity contribution in [1.82, 2.24) is 4.98 Å². The zero-order valence-corrected chi connectivity index (χ0v) is 11.9. The maximum atomic E-state index is 6.04. The van der Waals surface area contributed by atoms with E-state index in [2.05, 4.69) is 28.2 Å². The van der Waals surface area contributed by atoms with E-state index in [1.165, 1.54) is 5.56 Å². The molecule has 2 aliphatic heterocycles. The van der Waals surface area contributed by atoms with Crippen molar-refractivity contribution in [3.8, 4) is 17.0 Å². The first kappa shape index (κ1) is 11.9. The van der Waals surface area contributed by atoms with Gasteiger partial charge >= 0.3 is 0 Å². The molecule has 102 valence electrons. The van der Waals surface area contributed by atoms with E-state index in [1.807, 2.05) is 17.8 Å². The molecule has 0 fully saturated rings. The lowest BCUT2D eigenvalue weighted by Crippen LogP contribution is -2.41. The summed E-state index contributed by atoms with van der Waals surface area (Å²) in [6.07, 6.45) is 0.859. The van der Waals surface area contributed by atoms with Crippen molar-refractivity contribution < 1.29 is 9.47 Å². The first-order valence-corrected chi connectivity index (χ1v) is 7.53. The summed E-state index contributed by atoms with van der Waals surface area (Å²) in [6.45, 7) is 3.08. The van der Waals surface area contributed by atoms with E-state index in [9.17, 15) is 0 Å². The zero-order valence-electron chi connectivity index (χ0n) is 11.1. The number of thiazole rings is 1. The minimum absolute atomic E-state index is 0.238. The van der Waals surface area contributed by atoms with E-state index in [4.69, 9.17) is 9.47 Å². The van der Waals surface area contributed by atoms with Crippen molar-refractivity contribution in [2.24, 2.45) is 4.99 Å². The summed E-state index contributed by atoms with van der Waals surface area (Å²) in [5.41, 5.74) is 4.84. The van der Waals surface area contributed by atoms with E-state index in [0.29, 0.717) is 13.2 Å². The topological polar surface area (TPSA) is 43.7 Å². The summed E-state index contributed by atoms with van der Waals surface area (Å²) >= 11 is 1.60. The molecule has 4 nitrogen and oxygen atoms in total. The molecule has 1 spiro atoms. The molecule has 1 unspecified atom stereocenters. The smallest absolute Gasteiger partial charge is 0.180 e. The van der Waals surface area contributed by atoms with Crippen molar-refractivity contribution >= 4 is 17.2 Å². The molecule has 0 radical (unpaired) electrons. The maximum absolute atomic E-state index is 6.04. The van der Waals surface area contributed by atoms with Gasteiger partial charge in [0, 0.05) is 24.3 Å². The van der Waals surface area contributed by atoms with Crippen LogP contribution in [0, 0.1) is 0 Å². The number of benzene rings is 1. The van der Waals surface area contributed by atoms with Crippen LogP contribution < -0.4 is 4.74 Å². The Morgan fingerprint density at radius 2 is 2.15 bits per heavy atom. The van der Waals surface area contributed by atoms with Gasteiger partial charge < -0.3 is 9.47 Å².